The molecule has 2 nitrogen and oxygen atoms in total. The highest BCUT2D eigenvalue weighted by molar-refractivity contribution is 4.92. The van der Waals surface area contributed by atoms with Gasteiger partial charge in [0.05, 0.1) is 6.10 Å². The lowest BCUT2D eigenvalue weighted by Gasteiger charge is -2.44. The lowest BCUT2D eigenvalue weighted by Crippen LogP contribution is -2.54. The van der Waals surface area contributed by atoms with Gasteiger partial charge < -0.3 is 5.11 Å². The Balaban J connectivity index is 2.62. The van der Waals surface area contributed by atoms with E-state index < -0.39 is 0 Å². The predicted octanol–water partition coefficient (Wildman–Crippen LogP) is 3.44. The topological polar surface area (TPSA) is 23.5 Å². The van der Waals surface area contributed by atoms with E-state index in [2.05, 4.69) is 32.6 Å². The van der Waals surface area contributed by atoms with E-state index in [0.717, 1.165) is 31.8 Å². The Labute approximate surface area is 107 Å². The molecule has 1 rings (SSSR count). The summed E-state index contributed by atoms with van der Waals surface area (Å²) in [4.78, 5) is 2.42. The largest absolute Gasteiger partial charge is 0.391 e. The highest BCUT2D eigenvalue weighted by atomic mass is 16.3. The first-order valence-corrected chi connectivity index (χ1v) is 7.51. The fourth-order valence-corrected chi connectivity index (χ4v) is 3.43. The second-order valence-electron chi connectivity index (χ2n) is 5.78. The summed E-state index contributed by atoms with van der Waals surface area (Å²) in [6.45, 7) is 10.9. The monoisotopic (exact) mass is 241 g/mol. The lowest BCUT2D eigenvalue weighted by molar-refractivity contribution is -0.0311. The van der Waals surface area contributed by atoms with Gasteiger partial charge in [0.2, 0.25) is 0 Å². The number of aliphatic hydroxyl groups excluding tert-OH is 1. The van der Waals surface area contributed by atoms with Crippen molar-refractivity contribution in [3.05, 3.63) is 0 Å². The van der Waals surface area contributed by atoms with Gasteiger partial charge in [0, 0.05) is 5.54 Å². The van der Waals surface area contributed by atoms with Crippen molar-refractivity contribution < 1.29 is 5.11 Å². The zero-order chi connectivity index (χ0) is 12.9. The van der Waals surface area contributed by atoms with Gasteiger partial charge in [-0.3, -0.25) is 4.90 Å². The third-order valence-electron chi connectivity index (χ3n) is 4.95. The van der Waals surface area contributed by atoms with Crippen LogP contribution in [0.1, 0.15) is 66.2 Å². The van der Waals surface area contributed by atoms with E-state index in [1.54, 1.807) is 0 Å². The molecule has 2 unspecified atom stereocenters. The molecule has 1 aliphatic rings. The van der Waals surface area contributed by atoms with Gasteiger partial charge >= 0.3 is 0 Å². The van der Waals surface area contributed by atoms with Gasteiger partial charge in [-0.1, -0.05) is 46.5 Å². The molecule has 0 spiro atoms. The average Bonchev–Trinajstić information content (AvgIpc) is 2.82. The molecule has 1 aliphatic carbocycles. The van der Waals surface area contributed by atoms with E-state index in [9.17, 15) is 5.11 Å². The maximum atomic E-state index is 10.6. The molecule has 0 bridgehead atoms. The number of nitrogens with zero attached hydrogens (tertiary/aromatic N) is 1. The molecule has 1 N–H and O–H groups in total. The third-order valence-corrected chi connectivity index (χ3v) is 4.95. The van der Waals surface area contributed by atoms with Crippen LogP contribution in [0.5, 0.6) is 0 Å². The van der Waals surface area contributed by atoms with Crippen LogP contribution >= 0.6 is 0 Å². The van der Waals surface area contributed by atoms with Crippen molar-refractivity contribution in [1.82, 2.24) is 4.90 Å². The molecule has 0 aliphatic heterocycles. The van der Waals surface area contributed by atoms with Crippen LogP contribution in [-0.2, 0) is 0 Å². The number of hydrogen-bond donors (Lipinski definition) is 1. The Morgan fingerprint density at radius 2 is 1.71 bits per heavy atom. The molecular formula is C15H31NO. The Hall–Kier alpha value is -0.0800. The molecule has 2 atom stereocenters. The first kappa shape index (κ1) is 15.0. The molecule has 1 saturated carbocycles. The van der Waals surface area contributed by atoms with E-state index in [-0.39, 0.29) is 11.6 Å². The lowest BCUT2D eigenvalue weighted by atomic mass is 9.83. The number of aliphatic hydroxyl groups is 1. The van der Waals surface area contributed by atoms with Crippen molar-refractivity contribution in [1.29, 1.82) is 0 Å². The summed E-state index contributed by atoms with van der Waals surface area (Å²) in [5.41, 5.74) is -0.0356. The summed E-state index contributed by atoms with van der Waals surface area (Å²) < 4.78 is 0. The summed E-state index contributed by atoms with van der Waals surface area (Å²) in [5, 5.41) is 10.6. The van der Waals surface area contributed by atoms with Crippen LogP contribution in [0.2, 0.25) is 0 Å². The van der Waals surface area contributed by atoms with Crippen molar-refractivity contribution in [2.75, 3.05) is 13.1 Å². The summed E-state index contributed by atoms with van der Waals surface area (Å²) >= 11 is 0. The van der Waals surface area contributed by atoms with Gasteiger partial charge in [-0.2, -0.15) is 0 Å². The summed E-state index contributed by atoms with van der Waals surface area (Å²) in [5.74, 6) is 0.770. The summed E-state index contributed by atoms with van der Waals surface area (Å²) in [6, 6.07) is 0. The quantitative estimate of drug-likeness (QED) is 0.738. The SMILES string of the molecule is CCN(CC)C(C)(CC)C(O)CC1CCCC1. The first-order valence-electron chi connectivity index (χ1n) is 7.51. The van der Waals surface area contributed by atoms with E-state index in [0.29, 0.717) is 0 Å². The number of rotatable bonds is 7. The maximum Gasteiger partial charge on any atom is 0.0723 e. The summed E-state index contributed by atoms with van der Waals surface area (Å²) in [7, 11) is 0. The minimum Gasteiger partial charge on any atom is -0.391 e. The van der Waals surface area contributed by atoms with Crippen molar-refractivity contribution in [3.63, 3.8) is 0 Å². The van der Waals surface area contributed by atoms with Crippen LogP contribution in [0, 0.1) is 5.92 Å². The number of likely N-dealkylation sites (N-methyl/N-ethyl adjacent to an activating group) is 1. The fourth-order valence-electron chi connectivity index (χ4n) is 3.43. The first-order chi connectivity index (χ1) is 8.08. The van der Waals surface area contributed by atoms with Crippen LogP contribution in [0.4, 0.5) is 0 Å². The Morgan fingerprint density at radius 3 is 2.12 bits per heavy atom. The van der Waals surface area contributed by atoms with E-state index in [4.69, 9.17) is 0 Å². The van der Waals surface area contributed by atoms with E-state index in [1.165, 1.54) is 25.7 Å². The van der Waals surface area contributed by atoms with Gasteiger partial charge in [0.1, 0.15) is 0 Å². The Kier molecular flexibility index (Phi) is 5.94. The van der Waals surface area contributed by atoms with Crippen LogP contribution in [0.25, 0.3) is 0 Å². The standard InChI is InChI=1S/C15H31NO/c1-5-15(4,16(6-2)7-3)14(17)12-13-10-8-9-11-13/h13-14,17H,5-12H2,1-4H3. The Morgan fingerprint density at radius 1 is 1.18 bits per heavy atom. The van der Waals surface area contributed by atoms with E-state index >= 15 is 0 Å². The van der Waals surface area contributed by atoms with Crippen LogP contribution in [-0.4, -0.2) is 34.7 Å². The molecule has 0 aromatic heterocycles. The van der Waals surface area contributed by atoms with Crippen LogP contribution in [0.15, 0.2) is 0 Å². The summed E-state index contributed by atoms with van der Waals surface area (Å²) in [6.07, 6.45) is 7.25. The van der Waals surface area contributed by atoms with Crippen LogP contribution < -0.4 is 0 Å². The second-order valence-corrected chi connectivity index (χ2v) is 5.78. The smallest absolute Gasteiger partial charge is 0.0723 e. The Bertz CT molecular complexity index is 209. The normalized spacial score (nSPS) is 22.9. The predicted molar refractivity (Wildman–Crippen MR) is 74.2 cm³/mol. The highest BCUT2D eigenvalue weighted by Gasteiger charge is 2.37. The zero-order valence-electron chi connectivity index (χ0n) is 12.2. The zero-order valence-corrected chi connectivity index (χ0v) is 12.2. The van der Waals surface area contributed by atoms with Gasteiger partial charge in [-0.05, 0) is 38.8 Å². The molecule has 0 saturated heterocycles. The van der Waals surface area contributed by atoms with Gasteiger partial charge in [-0.25, -0.2) is 0 Å². The van der Waals surface area contributed by atoms with Crippen LogP contribution in [0.3, 0.4) is 0 Å². The molecule has 0 amide bonds. The molecule has 17 heavy (non-hydrogen) atoms. The van der Waals surface area contributed by atoms with Gasteiger partial charge in [0.25, 0.3) is 0 Å². The van der Waals surface area contributed by atoms with Crippen molar-refractivity contribution in [2.45, 2.75) is 77.9 Å². The molecule has 102 valence electrons. The average molecular weight is 241 g/mol. The van der Waals surface area contributed by atoms with Gasteiger partial charge in [0.15, 0.2) is 0 Å². The maximum absolute atomic E-state index is 10.6. The molecular weight excluding hydrogens is 210 g/mol. The molecule has 0 aromatic rings. The molecule has 0 heterocycles. The van der Waals surface area contributed by atoms with Crippen molar-refractivity contribution in [2.24, 2.45) is 5.92 Å². The highest BCUT2D eigenvalue weighted by Crippen LogP contribution is 2.34. The molecule has 0 aromatic carbocycles. The second kappa shape index (κ2) is 6.75. The third kappa shape index (κ3) is 3.45. The van der Waals surface area contributed by atoms with Gasteiger partial charge in [-0.15, -0.1) is 0 Å². The van der Waals surface area contributed by atoms with E-state index in [1.807, 2.05) is 0 Å². The minimum absolute atomic E-state index is 0.0356. The minimum atomic E-state index is -0.171. The van der Waals surface area contributed by atoms with Crippen molar-refractivity contribution >= 4 is 0 Å². The van der Waals surface area contributed by atoms with Crippen molar-refractivity contribution in [3.8, 4) is 0 Å². The molecule has 1 fully saturated rings. The molecule has 0 radical (unpaired) electrons. The fraction of sp³-hybridized carbons (Fsp3) is 1.00. The number of hydrogen-bond acceptors (Lipinski definition) is 2. The molecule has 2 heteroatoms.